The Bertz CT molecular complexity index is 610. The van der Waals surface area contributed by atoms with Crippen molar-refractivity contribution in [1.82, 2.24) is 10.2 Å². The molecule has 1 saturated heterocycles. The molecule has 0 bridgehead atoms. The van der Waals surface area contributed by atoms with Crippen LogP contribution in [0.15, 0.2) is 30.3 Å². The van der Waals surface area contributed by atoms with Gasteiger partial charge in [0.05, 0.1) is 19.8 Å². The quantitative estimate of drug-likeness (QED) is 0.574. The average Bonchev–Trinajstić information content (AvgIpc) is 2.66. The summed E-state index contributed by atoms with van der Waals surface area (Å²) >= 11 is 0. The number of benzene rings is 1. The first-order chi connectivity index (χ1) is 12.6. The van der Waals surface area contributed by atoms with Crippen molar-refractivity contribution in [1.29, 1.82) is 0 Å². The summed E-state index contributed by atoms with van der Waals surface area (Å²) in [6, 6.07) is 7.25. The highest BCUT2D eigenvalue weighted by atomic mass is 16.5. The van der Waals surface area contributed by atoms with Crippen molar-refractivity contribution in [2.45, 2.75) is 19.9 Å². The Hall–Kier alpha value is -2.38. The summed E-state index contributed by atoms with van der Waals surface area (Å²) in [4.78, 5) is 25.6. The van der Waals surface area contributed by atoms with Crippen LogP contribution in [0.1, 0.15) is 19.4 Å². The van der Waals surface area contributed by atoms with E-state index in [0.717, 1.165) is 31.9 Å². The van der Waals surface area contributed by atoms with E-state index in [1.807, 2.05) is 12.1 Å². The summed E-state index contributed by atoms with van der Waals surface area (Å²) in [5.41, 5.74) is 1.54. The van der Waals surface area contributed by atoms with Gasteiger partial charge in [-0.25, -0.2) is 9.59 Å². The normalized spacial score (nSPS) is 16.2. The zero-order valence-electron chi connectivity index (χ0n) is 15.4. The van der Waals surface area contributed by atoms with Gasteiger partial charge in [0.1, 0.15) is 0 Å². The fourth-order valence-corrected chi connectivity index (χ4v) is 2.60. The number of morpholine rings is 1. The Morgan fingerprint density at radius 3 is 2.62 bits per heavy atom. The van der Waals surface area contributed by atoms with Gasteiger partial charge in [-0.1, -0.05) is 12.1 Å². The van der Waals surface area contributed by atoms with Crippen molar-refractivity contribution in [3.63, 3.8) is 0 Å². The first-order valence-electron chi connectivity index (χ1n) is 8.90. The van der Waals surface area contributed by atoms with Crippen LogP contribution in [0.25, 0.3) is 6.08 Å². The summed E-state index contributed by atoms with van der Waals surface area (Å²) in [7, 11) is 0. The summed E-state index contributed by atoms with van der Waals surface area (Å²) in [6.45, 7) is 8.06. The van der Waals surface area contributed by atoms with Crippen molar-refractivity contribution >= 4 is 23.8 Å². The van der Waals surface area contributed by atoms with E-state index in [1.165, 1.54) is 6.08 Å². The molecule has 2 N–H and O–H groups in total. The number of ether oxygens (including phenoxy) is 2. The zero-order valence-corrected chi connectivity index (χ0v) is 15.4. The molecule has 1 fully saturated rings. The van der Waals surface area contributed by atoms with Gasteiger partial charge < -0.3 is 20.1 Å². The topological polar surface area (TPSA) is 79.9 Å². The average molecular weight is 361 g/mol. The highest BCUT2D eigenvalue weighted by Gasteiger charge is 2.17. The Balaban J connectivity index is 1.75. The summed E-state index contributed by atoms with van der Waals surface area (Å²) < 4.78 is 10.2. The van der Waals surface area contributed by atoms with Gasteiger partial charge in [-0.2, -0.15) is 0 Å². The first-order valence-corrected chi connectivity index (χ1v) is 8.90. The minimum atomic E-state index is -0.372. The highest BCUT2D eigenvalue weighted by Crippen LogP contribution is 2.11. The van der Waals surface area contributed by atoms with Gasteiger partial charge in [-0.3, -0.25) is 4.90 Å². The molecule has 7 nitrogen and oxygen atoms in total. The molecule has 0 spiro atoms. The fraction of sp³-hybridized carbons (Fsp3) is 0.474. The molecule has 0 aliphatic carbocycles. The Morgan fingerprint density at radius 1 is 1.27 bits per heavy atom. The van der Waals surface area contributed by atoms with Crippen molar-refractivity contribution in [3.8, 4) is 0 Å². The lowest BCUT2D eigenvalue weighted by Crippen LogP contribution is -2.47. The summed E-state index contributed by atoms with van der Waals surface area (Å²) in [6.07, 6.45) is 3.05. The van der Waals surface area contributed by atoms with E-state index in [4.69, 9.17) is 9.47 Å². The Labute approximate surface area is 154 Å². The van der Waals surface area contributed by atoms with Crippen LogP contribution < -0.4 is 10.6 Å². The number of hydrogen-bond donors (Lipinski definition) is 2. The molecule has 0 unspecified atom stereocenters. The molecule has 142 valence electrons. The van der Waals surface area contributed by atoms with Gasteiger partial charge in [-0.05, 0) is 37.6 Å². The Morgan fingerprint density at radius 2 is 1.96 bits per heavy atom. The number of urea groups is 1. The van der Waals surface area contributed by atoms with E-state index in [1.54, 1.807) is 25.1 Å². The second-order valence-electron chi connectivity index (χ2n) is 6.04. The van der Waals surface area contributed by atoms with E-state index >= 15 is 0 Å². The predicted molar refractivity (Wildman–Crippen MR) is 101 cm³/mol. The molecule has 2 amide bonds. The van der Waals surface area contributed by atoms with Crippen LogP contribution in [0.5, 0.6) is 0 Å². The number of nitrogens with one attached hydrogen (secondary N) is 2. The standard InChI is InChI=1S/C19H27N3O4/c1-3-26-18(23)9-6-16-4-7-17(8-5-16)21-19(24)20-14-15(2)22-10-12-25-13-11-22/h4-9,15H,3,10-14H2,1-2H3,(H2,20,21,24)/b9-6-/t15-/m0/s1. The smallest absolute Gasteiger partial charge is 0.330 e. The van der Waals surface area contributed by atoms with Crippen LogP contribution in [-0.2, 0) is 14.3 Å². The van der Waals surface area contributed by atoms with Gasteiger partial charge >= 0.3 is 12.0 Å². The van der Waals surface area contributed by atoms with Gasteiger partial charge in [0.2, 0.25) is 0 Å². The molecule has 1 atom stereocenters. The second-order valence-corrected chi connectivity index (χ2v) is 6.04. The third-order valence-corrected chi connectivity index (χ3v) is 4.09. The van der Waals surface area contributed by atoms with Crippen molar-refractivity contribution < 1.29 is 19.1 Å². The van der Waals surface area contributed by atoms with Gasteiger partial charge in [0, 0.05) is 37.4 Å². The molecular weight excluding hydrogens is 334 g/mol. The van der Waals surface area contributed by atoms with E-state index in [9.17, 15) is 9.59 Å². The molecule has 1 aromatic carbocycles. The first kappa shape index (κ1) is 19.9. The molecule has 1 aliphatic heterocycles. The lowest BCUT2D eigenvalue weighted by atomic mass is 10.2. The molecule has 0 aromatic heterocycles. The van der Waals surface area contributed by atoms with Crippen molar-refractivity contribution in [2.75, 3.05) is 44.8 Å². The molecular formula is C19H27N3O4. The molecule has 26 heavy (non-hydrogen) atoms. The maximum absolute atomic E-state index is 12.0. The van der Waals surface area contributed by atoms with Crippen LogP contribution in [0.4, 0.5) is 10.5 Å². The van der Waals surface area contributed by atoms with Crippen LogP contribution >= 0.6 is 0 Å². The maximum atomic E-state index is 12.0. The third kappa shape index (κ3) is 6.85. The Kier molecular flexibility index (Phi) is 8.11. The van der Waals surface area contributed by atoms with E-state index in [0.29, 0.717) is 18.8 Å². The monoisotopic (exact) mass is 361 g/mol. The second kappa shape index (κ2) is 10.6. The molecule has 2 rings (SSSR count). The third-order valence-electron chi connectivity index (χ3n) is 4.09. The van der Waals surface area contributed by atoms with Crippen LogP contribution in [0.2, 0.25) is 0 Å². The minimum absolute atomic E-state index is 0.236. The van der Waals surface area contributed by atoms with Gasteiger partial charge in [0.15, 0.2) is 0 Å². The molecule has 7 heteroatoms. The number of esters is 1. The van der Waals surface area contributed by atoms with Crippen LogP contribution in [-0.4, -0.2) is 62.4 Å². The number of hydrogen-bond acceptors (Lipinski definition) is 5. The zero-order chi connectivity index (χ0) is 18.8. The van der Waals surface area contributed by atoms with Crippen molar-refractivity contribution in [3.05, 3.63) is 35.9 Å². The predicted octanol–water partition coefficient (Wildman–Crippen LogP) is 2.11. The molecule has 0 saturated carbocycles. The SMILES string of the molecule is CCOC(=O)/C=C\c1ccc(NC(=O)NC[C@H](C)N2CCOCC2)cc1. The van der Waals surface area contributed by atoms with E-state index in [2.05, 4.69) is 22.5 Å². The largest absolute Gasteiger partial charge is 0.463 e. The molecule has 0 radical (unpaired) electrons. The van der Waals surface area contributed by atoms with Gasteiger partial charge in [-0.15, -0.1) is 0 Å². The number of nitrogens with zero attached hydrogens (tertiary/aromatic N) is 1. The lowest BCUT2D eigenvalue weighted by molar-refractivity contribution is -0.137. The van der Waals surface area contributed by atoms with Crippen LogP contribution in [0, 0.1) is 0 Å². The number of rotatable bonds is 7. The number of carbonyl (C=O) groups excluding carboxylic acids is 2. The summed E-state index contributed by atoms with van der Waals surface area (Å²) in [5, 5.41) is 5.69. The lowest BCUT2D eigenvalue weighted by Gasteiger charge is -2.32. The molecule has 1 aromatic rings. The summed E-state index contributed by atoms with van der Waals surface area (Å²) in [5.74, 6) is -0.372. The fourth-order valence-electron chi connectivity index (χ4n) is 2.60. The minimum Gasteiger partial charge on any atom is -0.463 e. The number of carbonyl (C=O) groups is 2. The number of anilines is 1. The van der Waals surface area contributed by atoms with Crippen LogP contribution in [0.3, 0.4) is 0 Å². The molecule has 1 heterocycles. The number of amides is 2. The van der Waals surface area contributed by atoms with E-state index in [-0.39, 0.29) is 18.0 Å². The molecule has 1 aliphatic rings. The highest BCUT2D eigenvalue weighted by molar-refractivity contribution is 5.90. The maximum Gasteiger partial charge on any atom is 0.330 e. The van der Waals surface area contributed by atoms with Crippen molar-refractivity contribution in [2.24, 2.45) is 0 Å². The van der Waals surface area contributed by atoms with E-state index < -0.39 is 0 Å². The van der Waals surface area contributed by atoms with Gasteiger partial charge in [0.25, 0.3) is 0 Å².